The van der Waals surface area contributed by atoms with Gasteiger partial charge in [-0.05, 0) is 19.3 Å². The standard InChI is InChI=1S/C14H24N2O4/c17-13(11-2-1-3-12(10-11)14(18)19)15-4-5-16-6-8-20-9-7-16/h11-12H,1-10H2,(H,15,17)(H,18,19). The molecule has 0 aromatic carbocycles. The lowest BCUT2D eigenvalue weighted by Gasteiger charge is -2.28. The number of rotatable bonds is 5. The highest BCUT2D eigenvalue weighted by Crippen LogP contribution is 2.29. The van der Waals surface area contributed by atoms with Gasteiger partial charge in [-0.15, -0.1) is 0 Å². The van der Waals surface area contributed by atoms with Crippen LogP contribution in [0.3, 0.4) is 0 Å². The molecule has 2 atom stereocenters. The molecule has 2 aliphatic rings. The van der Waals surface area contributed by atoms with Gasteiger partial charge >= 0.3 is 5.97 Å². The second-order valence-electron chi connectivity index (χ2n) is 5.64. The second-order valence-corrected chi connectivity index (χ2v) is 5.64. The number of nitrogens with zero attached hydrogens (tertiary/aromatic N) is 1. The molecule has 1 aliphatic carbocycles. The van der Waals surface area contributed by atoms with E-state index in [9.17, 15) is 9.59 Å². The number of carboxylic acid groups (broad SMARTS) is 1. The average Bonchev–Trinajstić information content (AvgIpc) is 2.48. The van der Waals surface area contributed by atoms with Crippen molar-refractivity contribution in [2.45, 2.75) is 25.7 Å². The van der Waals surface area contributed by atoms with E-state index in [1.54, 1.807) is 0 Å². The monoisotopic (exact) mass is 284 g/mol. The average molecular weight is 284 g/mol. The fraction of sp³-hybridized carbons (Fsp3) is 0.857. The summed E-state index contributed by atoms with van der Waals surface area (Å²) in [6, 6.07) is 0. The molecule has 0 bridgehead atoms. The number of ether oxygens (including phenoxy) is 1. The largest absolute Gasteiger partial charge is 0.481 e. The Morgan fingerprint density at radius 2 is 1.90 bits per heavy atom. The van der Waals surface area contributed by atoms with Gasteiger partial charge in [0, 0.05) is 32.1 Å². The highest BCUT2D eigenvalue weighted by Gasteiger charge is 2.30. The molecule has 2 unspecified atom stereocenters. The van der Waals surface area contributed by atoms with E-state index in [0.29, 0.717) is 19.4 Å². The summed E-state index contributed by atoms with van der Waals surface area (Å²) < 4.78 is 5.27. The van der Waals surface area contributed by atoms with Crippen LogP contribution in [0.25, 0.3) is 0 Å². The fourth-order valence-electron chi connectivity index (χ4n) is 2.96. The number of carbonyl (C=O) groups excluding carboxylic acids is 1. The summed E-state index contributed by atoms with van der Waals surface area (Å²) in [4.78, 5) is 25.3. The van der Waals surface area contributed by atoms with Gasteiger partial charge in [0.2, 0.25) is 5.91 Å². The van der Waals surface area contributed by atoms with E-state index in [0.717, 1.165) is 45.7 Å². The highest BCUT2D eigenvalue weighted by atomic mass is 16.5. The van der Waals surface area contributed by atoms with Crippen LogP contribution < -0.4 is 5.32 Å². The van der Waals surface area contributed by atoms with Crippen molar-refractivity contribution >= 4 is 11.9 Å². The summed E-state index contributed by atoms with van der Waals surface area (Å²) in [5.41, 5.74) is 0. The lowest BCUT2D eigenvalue weighted by Crippen LogP contribution is -2.43. The molecule has 0 aromatic heterocycles. The van der Waals surface area contributed by atoms with Gasteiger partial charge in [-0.2, -0.15) is 0 Å². The predicted octanol–water partition coefficient (Wildman–Crippen LogP) is 0.326. The maximum Gasteiger partial charge on any atom is 0.306 e. The molecule has 1 saturated carbocycles. The Hall–Kier alpha value is -1.14. The zero-order valence-corrected chi connectivity index (χ0v) is 11.8. The number of aliphatic carboxylic acids is 1. The van der Waals surface area contributed by atoms with Gasteiger partial charge in [0.05, 0.1) is 19.1 Å². The summed E-state index contributed by atoms with van der Waals surface area (Å²) in [6.45, 7) is 4.83. The van der Waals surface area contributed by atoms with Crippen LogP contribution in [0.15, 0.2) is 0 Å². The molecule has 6 nitrogen and oxygen atoms in total. The molecule has 0 aromatic rings. The molecular weight excluding hydrogens is 260 g/mol. The van der Waals surface area contributed by atoms with Crippen molar-refractivity contribution in [3.63, 3.8) is 0 Å². The van der Waals surface area contributed by atoms with Crippen molar-refractivity contribution in [3.8, 4) is 0 Å². The molecule has 1 saturated heterocycles. The Kier molecular flexibility index (Phi) is 5.79. The van der Waals surface area contributed by atoms with Crippen LogP contribution >= 0.6 is 0 Å². The summed E-state index contributed by atoms with van der Waals surface area (Å²) in [5.74, 6) is -1.23. The van der Waals surface area contributed by atoms with Crippen molar-refractivity contribution < 1.29 is 19.4 Å². The first-order valence-corrected chi connectivity index (χ1v) is 7.47. The molecule has 0 radical (unpaired) electrons. The van der Waals surface area contributed by atoms with Crippen LogP contribution in [-0.2, 0) is 14.3 Å². The smallest absolute Gasteiger partial charge is 0.306 e. The first kappa shape index (κ1) is 15.3. The maximum absolute atomic E-state index is 12.1. The van der Waals surface area contributed by atoms with E-state index >= 15 is 0 Å². The molecule has 114 valence electrons. The Labute approximate surface area is 119 Å². The van der Waals surface area contributed by atoms with Gasteiger partial charge in [0.15, 0.2) is 0 Å². The SMILES string of the molecule is O=C(O)C1CCCC(C(=O)NCCN2CCOCC2)C1. The molecule has 1 heterocycles. The zero-order chi connectivity index (χ0) is 14.4. The van der Waals surface area contributed by atoms with E-state index in [1.807, 2.05) is 0 Å². The Bertz CT molecular complexity index is 342. The second kappa shape index (κ2) is 7.59. The number of carbonyl (C=O) groups is 2. The van der Waals surface area contributed by atoms with Crippen LogP contribution in [0.5, 0.6) is 0 Å². The zero-order valence-electron chi connectivity index (χ0n) is 11.8. The first-order chi connectivity index (χ1) is 9.66. The molecule has 6 heteroatoms. The molecule has 1 amide bonds. The summed E-state index contributed by atoms with van der Waals surface area (Å²) in [5, 5.41) is 12.0. The highest BCUT2D eigenvalue weighted by molar-refractivity contribution is 5.80. The Balaban J connectivity index is 1.67. The third-order valence-corrected chi connectivity index (χ3v) is 4.23. The number of nitrogens with one attached hydrogen (secondary N) is 1. The summed E-state index contributed by atoms with van der Waals surface area (Å²) in [7, 11) is 0. The Morgan fingerprint density at radius 3 is 2.60 bits per heavy atom. The van der Waals surface area contributed by atoms with Gasteiger partial charge in [-0.1, -0.05) is 6.42 Å². The first-order valence-electron chi connectivity index (χ1n) is 7.47. The molecule has 2 fully saturated rings. The molecule has 0 spiro atoms. The number of hydrogen-bond donors (Lipinski definition) is 2. The van der Waals surface area contributed by atoms with Crippen LogP contribution in [0, 0.1) is 11.8 Å². The topological polar surface area (TPSA) is 78.9 Å². The minimum atomic E-state index is -0.768. The molecular formula is C14H24N2O4. The minimum absolute atomic E-state index is 0.0178. The van der Waals surface area contributed by atoms with Crippen LogP contribution in [0.2, 0.25) is 0 Å². The lowest BCUT2D eigenvalue weighted by molar-refractivity contribution is -0.144. The Morgan fingerprint density at radius 1 is 1.20 bits per heavy atom. The third kappa shape index (κ3) is 4.45. The van der Waals surface area contributed by atoms with Crippen molar-refractivity contribution in [1.29, 1.82) is 0 Å². The number of amides is 1. The van der Waals surface area contributed by atoms with Crippen LogP contribution in [0.1, 0.15) is 25.7 Å². The quantitative estimate of drug-likeness (QED) is 0.760. The number of morpholine rings is 1. The van der Waals surface area contributed by atoms with Crippen LogP contribution in [-0.4, -0.2) is 61.3 Å². The van der Waals surface area contributed by atoms with Crippen molar-refractivity contribution in [1.82, 2.24) is 10.2 Å². The molecule has 20 heavy (non-hydrogen) atoms. The van der Waals surface area contributed by atoms with Gasteiger partial charge < -0.3 is 15.2 Å². The van der Waals surface area contributed by atoms with Crippen molar-refractivity contribution in [2.24, 2.45) is 11.8 Å². The molecule has 2 rings (SSSR count). The molecule has 1 aliphatic heterocycles. The van der Waals surface area contributed by atoms with Gasteiger partial charge in [0.25, 0.3) is 0 Å². The van der Waals surface area contributed by atoms with Crippen LogP contribution in [0.4, 0.5) is 0 Å². The lowest BCUT2D eigenvalue weighted by atomic mass is 9.81. The van der Waals surface area contributed by atoms with E-state index in [-0.39, 0.29) is 17.7 Å². The van der Waals surface area contributed by atoms with E-state index in [2.05, 4.69) is 10.2 Å². The van der Waals surface area contributed by atoms with Gasteiger partial charge in [-0.25, -0.2) is 0 Å². The summed E-state index contributed by atoms with van der Waals surface area (Å²) in [6.07, 6.45) is 2.83. The predicted molar refractivity (Wildman–Crippen MR) is 73.4 cm³/mol. The third-order valence-electron chi connectivity index (χ3n) is 4.23. The van der Waals surface area contributed by atoms with Gasteiger partial charge in [0.1, 0.15) is 0 Å². The fourth-order valence-corrected chi connectivity index (χ4v) is 2.96. The minimum Gasteiger partial charge on any atom is -0.481 e. The number of hydrogen-bond acceptors (Lipinski definition) is 4. The van der Waals surface area contributed by atoms with E-state index < -0.39 is 5.97 Å². The molecule has 2 N–H and O–H groups in total. The van der Waals surface area contributed by atoms with Crippen molar-refractivity contribution in [2.75, 3.05) is 39.4 Å². The normalized spacial score (nSPS) is 28.0. The number of carboxylic acids is 1. The van der Waals surface area contributed by atoms with E-state index in [1.165, 1.54) is 0 Å². The van der Waals surface area contributed by atoms with E-state index in [4.69, 9.17) is 9.84 Å². The maximum atomic E-state index is 12.1. The van der Waals surface area contributed by atoms with Gasteiger partial charge in [-0.3, -0.25) is 14.5 Å². The van der Waals surface area contributed by atoms with Crippen molar-refractivity contribution in [3.05, 3.63) is 0 Å². The summed E-state index contributed by atoms with van der Waals surface area (Å²) >= 11 is 0.